The number of carbonyl (C=O) groups is 2. The number of nitrogens with two attached hydrogens (primary N) is 2. The topological polar surface area (TPSA) is 131 Å². The molecule has 3 aliphatic heterocycles. The van der Waals surface area contributed by atoms with Crippen molar-refractivity contribution in [3.05, 3.63) is 65.4 Å². The summed E-state index contributed by atoms with van der Waals surface area (Å²) in [5.74, 6) is 0.801. The number of quaternary nitrogens is 1. The second-order valence-corrected chi connectivity index (χ2v) is 9.89. The van der Waals surface area contributed by atoms with Crippen molar-refractivity contribution in [1.82, 2.24) is 14.7 Å². The predicted octanol–water partition coefficient (Wildman–Crippen LogP) is 0.756. The van der Waals surface area contributed by atoms with Gasteiger partial charge in [-0.1, -0.05) is 6.08 Å². The molecule has 5 N–H and O–H groups in total. The first kappa shape index (κ1) is 27.4. The molecule has 4 rings (SSSR count). The lowest BCUT2D eigenvalue weighted by Crippen LogP contribution is -2.83. The number of guanidine groups is 1. The first-order valence-corrected chi connectivity index (χ1v) is 13.1. The average molecular weight is 521 g/mol. The third-order valence-electron chi connectivity index (χ3n) is 7.29. The van der Waals surface area contributed by atoms with Crippen LogP contribution in [0.15, 0.2) is 69.8 Å². The number of amides is 2. The van der Waals surface area contributed by atoms with Crippen molar-refractivity contribution in [1.29, 1.82) is 0 Å². The zero-order valence-electron chi connectivity index (χ0n) is 22.2. The molecular formula is C28H38N7O3+. The van der Waals surface area contributed by atoms with Crippen LogP contribution in [0.25, 0.3) is 0 Å². The smallest absolute Gasteiger partial charge is 0.253 e. The highest BCUT2D eigenvalue weighted by atomic mass is 16.3. The van der Waals surface area contributed by atoms with E-state index in [4.69, 9.17) is 10.8 Å². The van der Waals surface area contributed by atoms with Crippen molar-refractivity contribution in [3.63, 3.8) is 0 Å². The Balaban J connectivity index is 1.41. The largest absolute Gasteiger partial charge is 0.396 e. The minimum atomic E-state index is -0.138. The highest BCUT2D eigenvalue weighted by molar-refractivity contribution is 6.04. The fourth-order valence-corrected chi connectivity index (χ4v) is 4.95. The first-order chi connectivity index (χ1) is 18.4. The Morgan fingerprint density at radius 3 is 2.58 bits per heavy atom. The SMILES string of the molecule is CN1CCC(N(C)C(=O)c2ccc(N=C(N)/N=C3\[NH2+]C=CC=C3C3=CCN(C(=O)CCO)CC3)cc2)CC1. The van der Waals surface area contributed by atoms with Gasteiger partial charge in [0, 0.05) is 38.2 Å². The number of carbonyl (C=O) groups excluding carboxylic acids is 2. The van der Waals surface area contributed by atoms with E-state index in [1.54, 1.807) is 29.2 Å². The lowest BCUT2D eigenvalue weighted by molar-refractivity contribution is -0.461. The van der Waals surface area contributed by atoms with Crippen LogP contribution in [0.1, 0.15) is 36.0 Å². The van der Waals surface area contributed by atoms with Crippen molar-refractivity contribution in [3.8, 4) is 0 Å². The molecule has 0 spiro atoms. The van der Waals surface area contributed by atoms with Gasteiger partial charge in [0.25, 0.3) is 5.91 Å². The fourth-order valence-electron chi connectivity index (χ4n) is 4.95. The molecule has 10 heteroatoms. The van der Waals surface area contributed by atoms with E-state index in [0.29, 0.717) is 36.6 Å². The van der Waals surface area contributed by atoms with Crippen molar-refractivity contribution < 1.29 is 20.0 Å². The van der Waals surface area contributed by atoms with Crippen molar-refractivity contribution >= 4 is 29.3 Å². The Morgan fingerprint density at radius 2 is 1.92 bits per heavy atom. The van der Waals surface area contributed by atoms with Gasteiger partial charge in [0.15, 0.2) is 0 Å². The molecule has 1 aromatic carbocycles. The molecule has 0 bridgehead atoms. The zero-order valence-corrected chi connectivity index (χ0v) is 22.2. The van der Waals surface area contributed by atoms with Gasteiger partial charge in [0.2, 0.25) is 17.7 Å². The summed E-state index contributed by atoms with van der Waals surface area (Å²) in [5.41, 5.74) is 9.50. The number of aliphatic hydroxyl groups is 1. The average Bonchev–Trinajstić information content (AvgIpc) is 2.93. The standard InChI is InChI=1S/C28H37N7O3/c1-33-15-11-23(12-16-33)34(2)27(38)21-5-7-22(8-6-21)31-28(29)32-26-24(4-3-14-30-26)20-9-17-35(18-10-20)25(37)13-19-36/h3-9,14,23,36H,10-13,15-19H2,1-2H3,(H3,29,30,31,32)/p+1. The summed E-state index contributed by atoms with van der Waals surface area (Å²) in [6.45, 7) is 2.97. The number of likely N-dealkylation sites (tertiary alicyclic amines) is 1. The Kier molecular flexibility index (Phi) is 9.22. The number of hydrogen-bond acceptors (Lipinski definition) is 5. The van der Waals surface area contributed by atoms with Crippen LogP contribution in [0.2, 0.25) is 0 Å². The number of amidine groups is 1. The van der Waals surface area contributed by atoms with Crippen LogP contribution in [0.5, 0.6) is 0 Å². The van der Waals surface area contributed by atoms with Crippen molar-refractivity contribution in [2.24, 2.45) is 15.7 Å². The molecule has 2 amide bonds. The minimum Gasteiger partial charge on any atom is -0.396 e. The van der Waals surface area contributed by atoms with Crippen LogP contribution in [-0.2, 0) is 4.79 Å². The second kappa shape index (κ2) is 12.8. The molecule has 1 saturated heterocycles. The van der Waals surface area contributed by atoms with E-state index in [9.17, 15) is 9.59 Å². The molecule has 0 radical (unpaired) electrons. The third kappa shape index (κ3) is 6.83. The molecule has 0 saturated carbocycles. The molecular weight excluding hydrogens is 482 g/mol. The molecule has 10 nitrogen and oxygen atoms in total. The van der Waals surface area contributed by atoms with E-state index in [1.807, 2.05) is 41.7 Å². The lowest BCUT2D eigenvalue weighted by Gasteiger charge is -2.35. The number of aliphatic imine (C=N–C) groups is 2. The van der Waals surface area contributed by atoms with Crippen LogP contribution >= 0.6 is 0 Å². The molecule has 0 aliphatic carbocycles. The van der Waals surface area contributed by atoms with Crippen LogP contribution in [0, 0.1) is 0 Å². The van der Waals surface area contributed by atoms with Crippen LogP contribution in [-0.4, -0.2) is 96.3 Å². The third-order valence-corrected chi connectivity index (χ3v) is 7.29. The first-order valence-electron chi connectivity index (χ1n) is 13.1. The minimum absolute atomic E-state index is 0.0130. The summed E-state index contributed by atoms with van der Waals surface area (Å²) in [6.07, 6.45) is 10.7. The molecule has 3 aliphatic rings. The number of hydrogen-bond donors (Lipinski definition) is 3. The number of piperidine rings is 1. The van der Waals surface area contributed by atoms with Gasteiger partial charge in [-0.05, 0) is 81.4 Å². The Morgan fingerprint density at radius 1 is 1.18 bits per heavy atom. The molecule has 0 aromatic heterocycles. The number of benzene rings is 1. The second-order valence-electron chi connectivity index (χ2n) is 9.89. The molecule has 1 fully saturated rings. The van der Waals surface area contributed by atoms with E-state index in [-0.39, 0.29) is 36.8 Å². The maximum atomic E-state index is 13.0. The molecule has 1 aromatic rings. The van der Waals surface area contributed by atoms with Gasteiger partial charge < -0.3 is 25.5 Å². The van der Waals surface area contributed by atoms with Gasteiger partial charge in [-0.25, -0.2) is 4.99 Å². The van der Waals surface area contributed by atoms with Crippen LogP contribution in [0.4, 0.5) is 5.69 Å². The Labute approximate surface area is 223 Å². The van der Waals surface area contributed by atoms with Crippen molar-refractivity contribution in [2.45, 2.75) is 31.7 Å². The molecule has 202 valence electrons. The Bertz CT molecular complexity index is 1180. The van der Waals surface area contributed by atoms with E-state index < -0.39 is 0 Å². The van der Waals surface area contributed by atoms with Gasteiger partial charge in [-0.2, -0.15) is 4.99 Å². The summed E-state index contributed by atoms with van der Waals surface area (Å²) in [5, 5.41) is 10.9. The zero-order chi connectivity index (χ0) is 27.1. The van der Waals surface area contributed by atoms with Gasteiger partial charge in [-0.15, -0.1) is 0 Å². The Hall–Kier alpha value is -3.60. The quantitative estimate of drug-likeness (QED) is 0.376. The van der Waals surface area contributed by atoms with Crippen LogP contribution < -0.4 is 11.1 Å². The number of rotatable bonds is 6. The molecule has 38 heavy (non-hydrogen) atoms. The number of aliphatic hydroxyl groups excluding tert-OH is 1. The monoisotopic (exact) mass is 520 g/mol. The van der Waals surface area contributed by atoms with E-state index in [0.717, 1.165) is 37.1 Å². The highest BCUT2D eigenvalue weighted by Gasteiger charge is 2.25. The summed E-state index contributed by atoms with van der Waals surface area (Å²) in [7, 11) is 3.99. The summed E-state index contributed by atoms with van der Waals surface area (Å²) in [6, 6.07) is 7.39. The highest BCUT2D eigenvalue weighted by Crippen LogP contribution is 2.22. The van der Waals surface area contributed by atoms with Gasteiger partial charge in [-0.3, -0.25) is 14.9 Å². The van der Waals surface area contributed by atoms with E-state index in [2.05, 4.69) is 21.9 Å². The van der Waals surface area contributed by atoms with Crippen molar-refractivity contribution in [2.75, 3.05) is 46.9 Å². The van der Waals surface area contributed by atoms with Gasteiger partial charge in [0.05, 0.1) is 24.1 Å². The molecule has 0 atom stereocenters. The fraction of sp³-hybridized carbons (Fsp3) is 0.429. The summed E-state index contributed by atoms with van der Waals surface area (Å²) in [4.78, 5) is 39.9. The van der Waals surface area contributed by atoms with Crippen LogP contribution in [0.3, 0.4) is 0 Å². The molecule has 3 heterocycles. The summed E-state index contributed by atoms with van der Waals surface area (Å²) >= 11 is 0. The van der Waals surface area contributed by atoms with Gasteiger partial charge >= 0.3 is 0 Å². The maximum absolute atomic E-state index is 13.0. The normalized spacial score (nSPS) is 20.3. The van der Waals surface area contributed by atoms with E-state index in [1.165, 1.54) is 0 Å². The molecule has 0 unspecified atom stereocenters. The van der Waals surface area contributed by atoms with E-state index >= 15 is 0 Å². The predicted molar refractivity (Wildman–Crippen MR) is 148 cm³/mol. The maximum Gasteiger partial charge on any atom is 0.253 e. The lowest BCUT2D eigenvalue weighted by atomic mass is 9.96. The summed E-state index contributed by atoms with van der Waals surface area (Å²) < 4.78 is 0. The number of allylic oxidation sites excluding steroid dienone is 2. The van der Waals surface area contributed by atoms with Gasteiger partial charge in [0.1, 0.15) is 0 Å². The number of nitrogens with zero attached hydrogens (tertiary/aromatic N) is 5.